The zero-order valence-corrected chi connectivity index (χ0v) is 21.1. The van der Waals surface area contributed by atoms with E-state index in [-0.39, 0.29) is 17.5 Å². The van der Waals surface area contributed by atoms with Crippen LogP contribution in [0.3, 0.4) is 0 Å². The Morgan fingerprint density at radius 2 is 1.80 bits per heavy atom. The average molecular weight is 548 g/mol. The molecule has 176 valence electrons. The van der Waals surface area contributed by atoms with E-state index in [0.29, 0.717) is 0 Å². The van der Waals surface area contributed by atoms with Crippen molar-refractivity contribution in [2.75, 3.05) is 0 Å². The van der Waals surface area contributed by atoms with E-state index < -0.39 is 5.97 Å². The van der Waals surface area contributed by atoms with Gasteiger partial charge in [-0.15, -0.1) is 11.3 Å². The van der Waals surface area contributed by atoms with Gasteiger partial charge >= 0.3 is 5.97 Å². The first-order valence-electron chi connectivity index (χ1n) is 11.2. The molecule has 1 amide bonds. The van der Waals surface area contributed by atoms with Gasteiger partial charge in [0.15, 0.2) is 0 Å². The minimum atomic E-state index is -0.959. The number of carboxylic acid groups (broad SMARTS) is 1. The predicted molar refractivity (Wildman–Crippen MR) is 142 cm³/mol. The van der Waals surface area contributed by atoms with Crippen LogP contribution in [0, 0.1) is 0 Å². The number of amides is 1. The fraction of sp³-hybridized carbons (Fsp3) is 0.143. The molecule has 2 N–H and O–H groups in total. The SMILES string of the molecule is O=C(NC1CCc2ccc3c(ccc4ccccc43)c2C1)c1ccc(Br)s1.O=C(O)c1ccoc1. The van der Waals surface area contributed by atoms with Crippen LogP contribution < -0.4 is 5.32 Å². The highest BCUT2D eigenvalue weighted by Gasteiger charge is 2.23. The number of fused-ring (bicyclic) bond motifs is 5. The molecule has 5 aromatic rings. The van der Waals surface area contributed by atoms with Crippen LogP contribution in [0.5, 0.6) is 0 Å². The summed E-state index contributed by atoms with van der Waals surface area (Å²) >= 11 is 4.91. The van der Waals surface area contributed by atoms with Gasteiger partial charge in [-0.05, 0) is 86.1 Å². The van der Waals surface area contributed by atoms with Gasteiger partial charge in [0.1, 0.15) is 6.26 Å². The number of thiophene rings is 1. The zero-order valence-electron chi connectivity index (χ0n) is 18.7. The van der Waals surface area contributed by atoms with Crippen LogP contribution in [0.4, 0.5) is 0 Å². The topological polar surface area (TPSA) is 79.5 Å². The Labute approximate surface area is 214 Å². The highest BCUT2D eigenvalue weighted by molar-refractivity contribution is 9.11. The number of aromatic carboxylic acids is 1. The van der Waals surface area contributed by atoms with E-state index in [1.165, 1.54) is 62.6 Å². The van der Waals surface area contributed by atoms with Gasteiger partial charge < -0.3 is 14.8 Å². The van der Waals surface area contributed by atoms with Crippen molar-refractivity contribution in [1.29, 1.82) is 0 Å². The average Bonchev–Trinajstić information content (AvgIpc) is 3.56. The van der Waals surface area contributed by atoms with Crippen molar-refractivity contribution in [3.05, 3.63) is 105 Å². The van der Waals surface area contributed by atoms with Crippen molar-refractivity contribution in [1.82, 2.24) is 5.32 Å². The van der Waals surface area contributed by atoms with E-state index in [2.05, 4.69) is 74.2 Å². The molecule has 1 unspecified atom stereocenters. The molecule has 3 aromatic carbocycles. The predicted octanol–water partition coefficient (Wildman–Crippen LogP) is 7.08. The molecule has 0 saturated carbocycles. The Bertz CT molecular complexity index is 1520. The van der Waals surface area contributed by atoms with Gasteiger partial charge in [0, 0.05) is 6.04 Å². The van der Waals surface area contributed by atoms with E-state index in [4.69, 9.17) is 5.11 Å². The minimum absolute atomic E-state index is 0.0323. The van der Waals surface area contributed by atoms with Gasteiger partial charge in [0.05, 0.1) is 20.5 Å². The second-order valence-electron chi connectivity index (χ2n) is 8.42. The van der Waals surface area contributed by atoms with E-state index in [1.807, 2.05) is 12.1 Å². The fourth-order valence-corrected chi connectivity index (χ4v) is 5.84. The summed E-state index contributed by atoms with van der Waals surface area (Å²) in [7, 11) is 0. The summed E-state index contributed by atoms with van der Waals surface area (Å²) in [5, 5.41) is 16.7. The molecule has 0 bridgehead atoms. The number of nitrogens with one attached hydrogen (secondary N) is 1. The number of hydrogen-bond donors (Lipinski definition) is 2. The number of rotatable bonds is 3. The molecular weight excluding hydrogens is 526 g/mol. The van der Waals surface area contributed by atoms with Crippen molar-refractivity contribution >= 4 is 60.7 Å². The summed E-state index contributed by atoms with van der Waals surface area (Å²) in [6.45, 7) is 0. The second kappa shape index (κ2) is 10.1. The highest BCUT2D eigenvalue weighted by Crippen LogP contribution is 2.33. The lowest BCUT2D eigenvalue weighted by Gasteiger charge is -2.27. The van der Waals surface area contributed by atoms with Crippen LogP contribution in [0.15, 0.2) is 87.5 Å². The van der Waals surface area contributed by atoms with Gasteiger partial charge in [0.2, 0.25) is 0 Å². The van der Waals surface area contributed by atoms with Crippen molar-refractivity contribution < 1.29 is 19.1 Å². The first-order valence-corrected chi connectivity index (χ1v) is 12.8. The summed E-state index contributed by atoms with van der Waals surface area (Å²) in [5.74, 6) is -0.927. The Morgan fingerprint density at radius 3 is 2.51 bits per heavy atom. The third-order valence-corrected chi connectivity index (χ3v) is 7.87. The molecule has 1 aliphatic carbocycles. The Balaban J connectivity index is 0.000000271. The van der Waals surface area contributed by atoms with E-state index in [1.54, 1.807) is 0 Å². The maximum absolute atomic E-state index is 12.6. The van der Waals surface area contributed by atoms with Crippen LogP contribution in [0.2, 0.25) is 0 Å². The minimum Gasteiger partial charge on any atom is -0.478 e. The monoisotopic (exact) mass is 547 g/mol. The number of carboxylic acids is 1. The third kappa shape index (κ3) is 5.01. The molecule has 0 fully saturated rings. The Kier molecular flexibility index (Phi) is 6.70. The number of halogens is 1. The van der Waals surface area contributed by atoms with E-state index in [0.717, 1.165) is 27.9 Å². The smallest absolute Gasteiger partial charge is 0.338 e. The normalized spacial score (nSPS) is 14.7. The van der Waals surface area contributed by atoms with Gasteiger partial charge in [-0.2, -0.15) is 0 Å². The fourth-order valence-electron chi connectivity index (χ4n) is 4.55. The molecule has 0 saturated heterocycles. The van der Waals surface area contributed by atoms with Gasteiger partial charge in [-0.25, -0.2) is 4.79 Å². The van der Waals surface area contributed by atoms with Crippen LogP contribution in [0.1, 0.15) is 37.6 Å². The Morgan fingerprint density at radius 1 is 0.971 bits per heavy atom. The van der Waals surface area contributed by atoms with Crippen LogP contribution >= 0.6 is 27.3 Å². The van der Waals surface area contributed by atoms with Crippen molar-refractivity contribution in [2.24, 2.45) is 0 Å². The molecule has 1 aliphatic rings. The molecule has 0 radical (unpaired) electrons. The van der Waals surface area contributed by atoms with Gasteiger partial charge in [0.25, 0.3) is 5.91 Å². The van der Waals surface area contributed by atoms with Crippen molar-refractivity contribution in [3.8, 4) is 0 Å². The summed E-state index contributed by atoms with van der Waals surface area (Å²) in [6.07, 6.45) is 5.40. The van der Waals surface area contributed by atoms with E-state index in [9.17, 15) is 9.59 Å². The maximum Gasteiger partial charge on any atom is 0.338 e. The Hall–Kier alpha value is -3.42. The number of aryl methyl sites for hydroxylation is 1. The van der Waals surface area contributed by atoms with Crippen molar-refractivity contribution in [3.63, 3.8) is 0 Å². The number of benzene rings is 3. The van der Waals surface area contributed by atoms with Crippen LogP contribution in [0.25, 0.3) is 21.5 Å². The number of carbonyl (C=O) groups is 2. The summed E-state index contributed by atoms with van der Waals surface area (Å²) in [6, 6.07) is 22.9. The zero-order chi connectivity index (χ0) is 24.4. The lowest BCUT2D eigenvalue weighted by Crippen LogP contribution is -2.38. The molecule has 0 aliphatic heterocycles. The number of carbonyl (C=O) groups excluding carboxylic acids is 1. The lowest BCUT2D eigenvalue weighted by molar-refractivity contribution is 0.0695. The van der Waals surface area contributed by atoms with Crippen LogP contribution in [-0.4, -0.2) is 23.0 Å². The summed E-state index contributed by atoms with van der Waals surface area (Å²) in [4.78, 5) is 23.3. The first-order chi connectivity index (χ1) is 17.0. The molecule has 35 heavy (non-hydrogen) atoms. The van der Waals surface area contributed by atoms with Crippen LogP contribution in [-0.2, 0) is 12.8 Å². The van der Waals surface area contributed by atoms with Gasteiger partial charge in [-0.1, -0.05) is 48.5 Å². The quantitative estimate of drug-likeness (QED) is 0.236. The number of hydrogen-bond acceptors (Lipinski definition) is 4. The number of furan rings is 1. The molecule has 7 heteroatoms. The van der Waals surface area contributed by atoms with Gasteiger partial charge in [-0.3, -0.25) is 4.79 Å². The molecule has 5 nitrogen and oxygen atoms in total. The largest absolute Gasteiger partial charge is 0.478 e. The molecule has 2 aromatic heterocycles. The lowest BCUT2D eigenvalue weighted by atomic mass is 9.84. The molecule has 1 atom stereocenters. The molecule has 0 spiro atoms. The standard InChI is InChI=1S/C23H18BrNOS.C5H4O3/c24-22-12-11-21(27-22)23(26)25-16-8-5-15-7-9-18-17-4-2-1-3-14(17)6-10-19(18)20(15)13-16;6-5(7)4-1-2-8-3-4/h1-4,6-7,9-12,16H,5,8,13H2,(H,25,26);1-3H,(H,6,7). The summed E-state index contributed by atoms with van der Waals surface area (Å²) < 4.78 is 5.48. The molecule has 6 rings (SSSR count). The van der Waals surface area contributed by atoms with E-state index >= 15 is 0 Å². The highest BCUT2D eigenvalue weighted by atomic mass is 79.9. The maximum atomic E-state index is 12.6. The van der Waals surface area contributed by atoms with Crippen molar-refractivity contribution in [2.45, 2.75) is 25.3 Å². The first kappa shape index (κ1) is 23.3. The summed E-state index contributed by atoms with van der Waals surface area (Å²) in [5.41, 5.74) is 2.99. The third-order valence-electron chi connectivity index (χ3n) is 6.25. The molecule has 2 heterocycles. The molecular formula is C28H22BrNO4S. The second-order valence-corrected chi connectivity index (χ2v) is 10.9.